The zero-order valence-electron chi connectivity index (χ0n) is 14.0. The number of carbonyl (C=O) groups is 1. The molecular weight excluding hydrogens is 284 g/mol. The third kappa shape index (κ3) is 6.11. The molecule has 0 aliphatic heterocycles. The highest BCUT2D eigenvalue weighted by Crippen LogP contribution is 2.17. The van der Waals surface area contributed by atoms with Gasteiger partial charge in [-0.25, -0.2) is 0 Å². The van der Waals surface area contributed by atoms with Gasteiger partial charge in [-0.05, 0) is 34.1 Å². The number of hydrogen-bond acceptors (Lipinski definition) is 7. The zero-order valence-corrected chi connectivity index (χ0v) is 14.0. The summed E-state index contributed by atoms with van der Waals surface area (Å²) in [6.07, 6.45) is 0.803. The fraction of sp³-hybridized carbons (Fsp3) is 0.714. The number of hydrogen-bond donors (Lipinski definition) is 3. The summed E-state index contributed by atoms with van der Waals surface area (Å²) in [5.41, 5.74) is -0.204. The second kappa shape index (κ2) is 7.77. The van der Waals surface area contributed by atoms with E-state index in [4.69, 9.17) is 5.11 Å². The van der Waals surface area contributed by atoms with Gasteiger partial charge >= 0.3 is 5.97 Å². The molecule has 0 bridgehead atoms. The van der Waals surface area contributed by atoms with Crippen molar-refractivity contribution in [3.8, 4) is 0 Å². The quantitative estimate of drug-likeness (QED) is 0.668. The summed E-state index contributed by atoms with van der Waals surface area (Å²) in [6.45, 7) is 11.0. The topological polar surface area (TPSA) is 103 Å². The zero-order chi connectivity index (χ0) is 16.8. The van der Waals surface area contributed by atoms with Crippen LogP contribution < -0.4 is 15.5 Å². The van der Waals surface area contributed by atoms with E-state index in [1.807, 2.05) is 34.6 Å². The molecule has 0 fully saturated rings. The summed E-state index contributed by atoms with van der Waals surface area (Å²) in [6, 6.07) is 0. The van der Waals surface area contributed by atoms with Crippen LogP contribution >= 0.6 is 0 Å². The number of aliphatic carboxylic acids is 1. The summed E-state index contributed by atoms with van der Waals surface area (Å²) in [5, 5.41) is 15.3. The lowest BCUT2D eigenvalue weighted by atomic mass is 10.1. The van der Waals surface area contributed by atoms with Crippen LogP contribution in [0.25, 0.3) is 0 Å². The second-order valence-electron chi connectivity index (χ2n) is 6.00. The molecule has 22 heavy (non-hydrogen) atoms. The van der Waals surface area contributed by atoms with Crippen molar-refractivity contribution in [1.82, 2.24) is 15.0 Å². The fourth-order valence-electron chi connectivity index (χ4n) is 1.82. The summed E-state index contributed by atoms with van der Waals surface area (Å²) in [4.78, 5) is 25.7. The van der Waals surface area contributed by atoms with Crippen LogP contribution in [0, 0.1) is 0 Å². The van der Waals surface area contributed by atoms with Crippen LogP contribution in [0.15, 0.2) is 0 Å². The molecule has 0 saturated heterocycles. The molecule has 1 heterocycles. The Balaban J connectivity index is 3.16. The van der Waals surface area contributed by atoms with Crippen LogP contribution in [0.1, 0.15) is 41.0 Å². The molecule has 8 nitrogen and oxygen atoms in total. The van der Waals surface area contributed by atoms with E-state index in [0.29, 0.717) is 30.9 Å². The third-order valence-electron chi connectivity index (χ3n) is 2.55. The maximum atomic E-state index is 11.0. The standard InChI is InChI=1S/C14H26N6O2/c1-6-8-20(9-10(21)22)13-17-11(15-7-2)16-12(18-13)19-14(3,4)5/h6-9H2,1-5H3,(H,21,22)(H2,15,16,17,18,19). The van der Waals surface area contributed by atoms with E-state index in [0.717, 1.165) is 6.42 Å². The predicted octanol–water partition coefficient (Wildman–Crippen LogP) is 1.81. The van der Waals surface area contributed by atoms with Crippen molar-refractivity contribution in [2.45, 2.75) is 46.6 Å². The van der Waals surface area contributed by atoms with Crippen molar-refractivity contribution in [2.75, 3.05) is 35.2 Å². The Morgan fingerprint density at radius 2 is 1.82 bits per heavy atom. The van der Waals surface area contributed by atoms with E-state index in [9.17, 15) is 4.79 Å². The maximum Gasteiger partial charge on any atom is 0.323 e. The van der Waals surface area contributed by atoms with Gasteiger partial charge in [0.25, 0.3) is 0 Å². The lowest BCUT2D eigenvalue weighted by Crippen LogP contribution is -2.33. The number of carboxylic acids is 1. The molecule has 0 aliphatic rings. The van der Waals surface area contributed by atoms with Crippen molar-refractivity contribution in [2.24, 2.45) is 0 Å². The first-order valence-corrected chi connectivity index (χ1v) is 7.50. The average Bonchev–Trinajstić information content (AvgIpc) is 2.35. The Labute approximate surface area is 131 Å². The van der Waals surface area contributed by atoms with Gasteiger partial charge in [0.15, 0.2) is 0 Å². The van der Waals surface area contributed by atoms with Crippen LogP contribution in [-0.4, -0.2) is 51.2 Å². The van der Waals surface area contributed by atoms with Crippen LogP contribution in [0.4, 0.5) is 17.8 Å². The molecule has 0 amide bonds. The summed E-state index contributed by atoms with van der Waals surface area (Å²) in [7, 11) is 0. The first kappa shape index (κ1) is 17.9. The maximum absolute atomic E-state index is 11.0. The van der Waals surface area contributed by atoms with Gasteiger partial charge in [0, 0.05) is 18.6 Å². The Bertz CT molecular complexity index is 501. The summed E-state index contributed by atoms with van der Waals surface area (Å²) >= 11 is 0. The molecule has 0 aromatic carbocycles. The largest absolute Gasteiger partial charge is 0.480 e. The van der Waals surface area contributed by atoms with Gasteiger partial charge in [0.05, 0.1) is 0 Å². The molecule has 0 radical (unpaired) electrons. The van der Waals surface area contributed by atoms with Crippen molar-refractivity contribution in [3.05, 3.63) is 0 Å². The normalized spacial score (nSPS) is 11.1. The van der Waals surface area contributed by atoms with Crippen molar-refractivity contribution in [3.63, 3.8) is 0 Å². The Kier molecular flexibility index (Phi) is 6.33. The highest BCUT2D eigenvalue weighted by molar-refractivity contribution is 5.72. The average molecular weight is 310 g/mol. The van der Waals surface area contributed by atoms with Gasteiger partial charge in [-0.2, -0.15) is 15.0 Å². The first-order valence-electron chi connectivity index (χ1n) is 7.50. The van der Waals surface area contributed by atoms with Gasteiger partial charge in [-0.1, -0.05) is 6.92 Å². The van der Waals surface area contributed by atoms with Crippen LogP contribution in [0.3, 0.4) is 0 Å². The number of nitrogens with zero attached hydrogens (tertiary/aromatic N) is 4. The van der Waals surface area contributed by atoms with Crippen molar-refractivity contribution in [1.29, 1.82) is 0 Å². The number of carboxylic acid groups (broad SMARTS) is 1. The number of anilines is 3. The minimum absolute atomic E-state index is 0.140. The molecule has 0 atom stereocenters. The fourth-order valence-corrected chi connectivity index (χ4v) is 1.82. The molecule has 0 spiro atoms. The van der Waals surface area contributed by atoms with Crippen molar-refractivity contribution >= 4 is 23.8 Å². The van der Waals surface area contributed by atoms with E-state index >= 15 is 0 Å². The third-order valence-corrected chi connectivity index (χ3v) is 2.55. The highest BCUT2D eigenvalue weighted by Gasteiger charge is 2.18. The molecule has 0 unspecified atom stereocenters. The smallest absolute Gasteiger partial charge is 0.323 e. The highest BCUT2D eigenvalue weighted by atomic mass is 16.4. The molecule has 3 N–H and O–H groups in total. The van der Waals surface area contributed by atoms with Gasteiger partial charge in [0.2, 0.25) is 17.8 Å². The predicted molar refractivity (Wildman–Crippen MR) is 87.5 cm³/mol. The van der Waals surface area contributed by atoms with Crippen LogP contribution in [-0.2, 0) is 4.79 Å². The molecule has 0 saturated carbocycles. The minimum atomic E-state index is -0.913. The van der Waals surface area contributed by atoms with Gasteiger partial charge in [-0.15, -0.1) is 0 Å². The monoisotopic (exact) mass is 310 g/mol. The number of aromatic nitrogens is 3. The van der Waals surface area contributed by atoms with Gasteiger partial charge in [-0.3, -0.25) is 4.79 Å². The molecule has 1 aromatic heterocycles. The molecule has 124 valence electrons. The van der Waals surface area contributed by atoms with E-state index in [1.165, 1.54) is 0 Å². The van der Waals surface area contributed by atoms with E-state index in [-0.39, 0.29) is 12.1 Å². The summed E-state index contributed by atoms with van der Waals surface area (Å²) in [5.74, 6) is 0.317. The first-order chi connectivity index (χ1) is 10.2. The van der Waals surface area contributed by atoms with E-state index in [1.54, 1.807) is 4.90 Å². The Hall–Kier alpha value is -2.12. The lowest BCUT2D eigenvalue weighted by molar-refractivity contribution is -0.135. The summed E-state index contributed by atoms with van der Waals surface area (Å²) < 4.78 is 0. The lowest BCUT2D eigenvalue weighted by Gasteiger charge is -2.24. The van der Waals surface area contributed by atoms with E-state index in [2.05, 4.69) is 25.6 Å². The Morgan fingerprint density at radius 1 is 1.18 bits per heavy atom. The number of nitrogens with one attached hydrogen (secondary N) is 2. The molecule has 1 rings (SSSR count). The molecule has 1 aromatic rings. The molecular formula is C14H26N6O2. The molecule has 0 aliphatic carbocycles. The Morgan fingerprint density at radius 3 is 2.32 bits per heavy atom. The minimum Gasteiger partial charge on any atom is -0.480 e. The number of rotatable bonds is 8. The van der Waals surface area contributed by atoms with E-state index < -0.39 is 5.97 Å². The van der Waals surface area contributed by atoms with Crippen molar-refractivity contribution < 1.29 is 9.90 Å². The SMILES string of the molecule is CCCN(CC(=O)O)c1nc(NCC)nc(NC(C)(C)C)n1. The van der Waals surface area contributed by atoms with Crippen LogP contribution in [0.2, 0.25) is 0 Å². The van der Waals surface area contributed by atoms with Gasteiger partial charge < -0.3 is 20.6 Å². The van der Waals surface area contributed by atoms with Crippen LogP contribution in [0.5, 0.6) is 0 Å². The second-order valence-corrected chi connectivity index (χ2v) is 6.00. The molecule has 8 heteroatoms. The van der Waals surface area contributed by atoms with Gasteiger partial charge in [0.1, 0.15) is 6.54 Å².